The number of anilines is 1. The van der Waals surface area contributed by atoms with Crippen molar-refractivity contribution < 1.29 is 36.6 Å². The normalized spacial score (nSPS) is 11.5. The minimum Gasteiger partial charge on any atom is -0.496 e. The summed E-state index contributed by atoms with van der Waals surface area (Å²) in [7, 11) is 2.08. The first-order valence-corrected chi connectivity index (χ1v) is 12.9. The molecule has 0 aliphatic carbocycles. The Balaban J connectivity index is 1.78. The second kappa shape index (κ2) is 12.7. The number of sulfone groups is 1. The molecule has 0 aliphatic heterocycles. The number of rotatable bonds is 12. The lowest BCUT2D eigenvalue weighted by molar-refractivity contribution is 0.104. The number of allylic oxidation sites excluding steroid dienone is 1. The number of carbonyl (C=O) groups excluding carboxylic acids is 1. The third-order valence-corrected chi connectivity index (χ3v) is 6.55. The molecule has 0 bridgehead atoms. The lowest BCUT2D eigenvalue weighted by atomic mass is 10.1. The summed E-state index contributed by atoms with van der Waals surface area (Å²) >= 11 is 0. The molecule has 0 radical (unpaired) electrons. The maximum Gasteiger partial charge on any atom is 0.237 e. The van der Waals surface area contributed by atoms with Gasteiger partial charge in [0, 0.05) is 41.6 Å². The summed E-state index contributed by atoms with van der Waals surface area (Å²) in [5.74, 6) is 0.319. The molecule has 0 aliphatic rings. The Morgan fingerprint density at radius 1 is 0.974 bits per heavy atom. The van der Waals surface area contributed by atoms with E-state index in [-0.39, 0.29) is 17.4 Å². The van der Waals surface area contributed by atoms with Gasteiger partial charge in [-0.1, -0.05) is 0 Å². The number of ether oxygens (including phenoxy) is 4. The van der Waals surface area contributed by atoms with Crippen molar-refractivity contribution in [1.82, 2.24) is 4.98 Å². The van der Waals surface area contributed by atoms with Gasteiger partial charge in [0.05, 0.1) is 39.8 Å². The smallest absolute Gasteiger partial charge is 0.237 e. The molecule has 9 nitrogen and oxygen atoms in total. The number of benzene rings is 2. The van der Waals surface area contributed by atoms with Gasteiger partial charge in [0.25, 0.3) is 0 Å². The van der Waals surface area contributed by atoms with E-state index in [1.54, 1.807) is 18.2 Å². The molecule has 11 heteroatoms. The zero-order chi connectivity index (χ0) is 27.7. The van der Waals surface area contributed by atoms with Gasteiger partial charge in [-0.05, 0) is 42.0 Å². The van der Waals surface area contributed by atoms with E-state index in [9.17, 15) is 17.6 Å². The fourth-order valence-electron chi connectivity index (χ4n) is 3.41. The van der Waals surface area contributed by atoms with Crippen LogP contribution in [0.15, 0.2) is 66.3 Å². The lowest BCUT2D eigenvalue weighted by Gasteiger charge is -2.12. The van der Waals surface area contributed by atoms with E-state index in [0.717, 1.165) is 5.41 Å². The molecule has 1 heterocycles. The van der Waals surface area contributed by atoms with E-state index in [2.05, 4.69) is 10.3 Å². The molecule has 0 saturated heterocycles. The van der Waals surface area contributed by atoms with Gasteiger partial charge in [-0.15, -0.1) is 0 Å². The van der Waals surface area contributed by atoms with Crippen LogP contribution in [0.4, 0.5) is 10.1 Å². The molecule has 3 rings (SSSR count). The predicted molar refractivity (Wildman–Crippen MR) is 142 cm³/mol. The van der Waals surface area contributed by atoms with Crippen molar-refractivity contribution in [1.29, 1.82) is 0 Å². The average Bonchev–Trinajstić information content (AvgIpc) is 2.91. The largest absolute Gasteiger partial charge is 0.496 e. The third-order valence-electron chi connectivity index (χ3n) is 5.27. The fraction of sp³-hybridized carbons (Fsp3) is 0.185. The zero-order valence-electron chi connectivity index (χ0n) is 21.2. The van der Waals surface area contributed by atoms with Gasteiger partial charge in [-0.25, -0.2) is 17.8 Å². The number of carbonyl (C=O) groups is 1. The molecule has 0 unspecified atom stereocenters. The number of nitrogens with one attached hydrogen (secondary N) is 1. The van der Waals surface area contributed by atoms with E-state index in [1.807, 2.05) is 0 Å². The topological polar surface area (TPSA) is 113 Å². The molecule has 0 atom stereocenters. The van der Waals surface area contributed by atoms with Crippen molar-refractivity contribution in [3.63, 3.8) is 0 Å². The average molecular weight is 543 g/mol. The highest BCUT2D eigenvalue weighted by atomic mass is 32.2. The molecule has 38 heavy (non-hydrogen) atoms. The van der Waals surface area contributed by atoms with Gasteiger partial charge in [-0.3, -0.25) is 4.79 Å². The van der Waals surface area contributed by atoms with Crippen LogP contribution in [0.5, 0.6) is 23.1 Å². The van der Waals surface area contributed by atoms with Crippen LogP contribution in [0.2, 0.25) is 0 Å². The van der Waals surface area contributed by atoms with E-state index >= 15 is 0 Å². The van der Waals surface area contributed by atoms with Crippen LogP contribution in [-0.2, 0) is 15.6 Å². The number of nitrogens with zero attached hydrogens (tertiary/aromatic N) is 1. The van der Waals surface area contributed by atoms with Crippen molar-refractivity contribution in [2.75, 3.05) is 33.8 Å². The highest BCUT2D eigenvalue weighted by Crippen LogP contribution is 2.35. The second-order valence-electron chi connectivity index (χ2n) is 7.80. The summed E-state index contributed by atoms with van der Waals surface area (Å²) in [6, 6.07) is 9.93. The Hall–Kier alpha value is -4.38. The lowest BCUT2D eigenvalue weighted by Crippen LogP contribution is -2.04. The molecule has 0 fully saturated rings. The molecule has 0 saturated carbocycles. The summed E-state index contributed by atoms with van der Waals surface area (Å²) in [6.45, 7) is 0. The second-order valence-corrected chi connectivity index (χ2v) is 9.69. The first-order valence-electron chi connectivity index (χ1n) is 11.2. The number of halogens is 1. The number of methoxy groups -OCH3 is 4. The molecule has 0 spiro atoms. The minimum atomic E-state index is -3.74. The van der Waals surface area contributed by atoms with E-state index in [1.165, 1.54) is 77.3 Å². The van der Waals surface area contributed by atoms with Gasteiger partial charge < -0.3 is 24.3 Å². The minimum absolute atomic E-state index is 0.202. The SMILES string of the molecule is COc1cc(OC)c(/C=C/S(=O)(=O)Cc2cnc(OC)c(N/C=C/C(=O)c3ccc(F)cc3)c2)c(OC)c1. The van der Waals surface area contributed by atoms with Crippen LogP contribution in [0.1, 0.15) is 21.5 Å². The predicted octanol–water partition coefficient (Wildman–Crippen LogP) is 4.65. The first kappa shape index (κ1) is 28.2. The number of aromatic nitrogens is 1. The maximum atomic E-state index is 13.1. The highest BCUT2D eigenvalue weighted by Gasteiger charge is 2.15. The Kier molecular flexibility index (Phi) is 9.44. The molecular formula is C27H27FN2O7S. The maximum absolute atomic E-state index is 13.1. The summed E-state index contributed by atoms with van der Waals surface area (Å²) in [5, 5.41) is 3.95. The number of hydrogen-bond donors (Lipinski definition) is 1. The van der Waals surface area contributed by atoms with Crippen LogP contribution in [0.25, 0.3) is 6.08 Å². The molecule has 0 amide bonds. The van der Waals surface area contributed by atoms with Gasteiger partial charge in [0.1, 0.15) is 28.8 Å². The van der Waals surface area contributed by atoms with Crippen LogP contribution < -0.4 is 24.3 Å². The Morgan fingerprint density at radius 3 is 2.21 bits per heavy atom. The van der Waals surface area contributed by atoms with Crippen LogP contribution in [-0.4, -0.2) is 47.6 Å². The highest BCUT2D eigenvalue weighted by molar-refractivity contribution is 7.93. The molecule has 2 aromatic carbocycles. The number of ketones is 1. The quantitative estimate of drug-likeness (QED) is 0.258. The van der Waals surface area contributed by atoms with Gasteiger partial charge in [0.15, 0.2) is 15.6 Å². The van der Waals surface area contributed by atoms with Crippen LogP contribution >= 0.6 is 0 Å². The zero-order valence-corrected chi connectivity index (χ0v) is 22.0. The van der Waals surface area contributed by atoms with E-state index < -0.39 is 15.7 Å². The van der Waals surface area contributed by atoms with Gasteiger partial charge in [0.2, 0.25) is 5.88 Å². The van der Waals surface area contributed by atoms with Crippen molar-refractivity contribution >= 4 is 27.4 Å². The van der Waals surface area contributed by atoms with Crippen molar-refractivity contribution in [2.45, 2.75) is 5.75 Å². The van der Waals surface area contributed by atoms with Gasteiger partial charge in [-0.2, -0.15) is 0 Å². The van der Waals surface area contributed by atoms with Crippen molar-refractivity contribution in [2.24, 2.45) is 0 Å². The number of pyridine rings is 1. The monoisotopic (exact) mass is 542 g/mol. The Morgan fingerprint density at radius 2 is 1.63 bits per heavy atom. The van der Waals surface area contributed by atoms with Gasteiger partial charge >= 0.3 is 0 Å². The van der Waals surface area contributed by atoms with E-state index in [4.69, 9.17) is 18.9 Å². The molecule has 1 aromatic heterocycles. The molecule has 200 valence electrons. The summed E-state index contributed by atoms with van der Waals surface area (Å²) in [6.07, 6.45) is 5.41. The van der Waals surface area contributed by atoms with Crippen molar-refractivity contribution in [3.8, 4) is 23.1 Å². The Labute approximate surface area is 220 Å². The number of hydrogen-bond acceptors (Lipinski definition) is 9. The first-order chi connectivity index (χ1) is 18.2. The summed E-state index contributed by atoms with van der Waals surface area (Å²) < 4.78 is 60.0. The molecule has 3 aromatic rings. The fourth-order valence-corrected chi connectivity index (χ4v) is 4.47. The summed E-state index contributed by atoms with van der Waals surface area (Å²) in [4.78, 5) is 16.4. The van der Waals surface area contributed by atoms with E-state index in [0.29, 0.717) is 39.6 Å². The summed E-state index contributed by atoms with van der Waals surface area (Å²) in [5.41, 5.74) is 1.48. The third kappa shape index (κ3) is 7.32. The standard InChI is InChI=1S/C27H27FN2O7S/c1-34-21-14-25(35-2)22(26(15-21)36-3)10-12-38(32,33)17-18-13-23(27(37-4)30-16-18)29-11-9-24(31)19-5-7-20(28)8-6-19/h5-16,29H,17H2,1-4H3/b11-9+,12-10+. The Bertz CT molecular complexity index is 1430. The molecular weight excluding hydrogens is 515 g/mol. The van der Waals surface area contributed by atoms with Crippen molar-refractivity contribution in [3.05, 3.63) is 88.9 Å². The van der Waals surface area contributed by atoms with Crippen LogP contribution in [0.3, 0.4) is 0 Å². The van der Waals surface area contributed by atoms with Crippen LogP contribution in [0, 0.1) is 5.82 Å². The molecule has 1 N–H and O–H groups in total.